The van der Waals surface area contributed by atoms with Crippen LogP contribution in [-0.4, -0.2) is 92.6 Å². The van der Waals surface area contributed by atoms with Crippen LogP contribution in [0.2, 0.25) is 0 Å². The van der Waals surface area contributed by atoms with Crippen molar-refractivity contribution in [2.45, 2.75) is 31.8 Å². The maximum atomic E-state index is 14.1. The van der Waals surface area contributed by atoms with Gasteiger partial charge in [0.25, 0.3) is 0 Å². The molecule has 0 saturated carbocycles. The summed E-state index contributed by atoms with van der Waals surface area (Å²) in [5.74, 6) is -0.00634. The highest BCUT2D eigenvalue weighted by Crippen LogP contribution is 2.20. The lowest BCUT2D eigenvalue weighted by atomic mass is 9.96. The van der Waals surface area contributed by atoms with Crippen molar-refractivity contribution in [1.29, 1.82) is 0 Å². The first-order chi connectivity index (χ1) is 15.0. The van der Waals surface area contributed by atoms with Gasteiger partial charge in [-0.25, -0.2) is 4.39 Å². The van der Waals surface area contributed by atoms with Gasteiger partial charge < -0.3 is 19.9 Å². The van der Waals surface area contributed by atoms with Crippen LogP contribution in [0.25, 0.3) is 0 Å². The highest BCUT2D eigenvalue weighted by molar-refractivity contribution is 5.88. The van der Waals surface area contributed by atoms with E-state index in [9.17, 15) is 14.0 Å². The van der Waals surface area contributed by atoms with Gasteiger partial charge in [0.1, 0.15) is 5.82 Å². The van der Waals surface area contributed by atoms with Gasteiger partial charge in [-0.2, -0.15) is 0 Å². The molecule has 8 heteroatoms. The monoisotopic (exact) mass is 434 g/mol. The highest BCUT2D eigenvalue weighted by Gasteiger charge is 2.33. The fraction of sp³-hybridized carbons (Fsp3) is 0.652. The first kappa shape index (κ1) is 23.6. The summed E-state index contributed by atoms with van der Waals surface area (Å²) >= 11 is 0. The van der Waals surface area contributed by atoms with E-state index in [1.54, 1.807) is 30.2 Å². The van der Waals surface area contributed by atoms with E-state index in [0.29, 0.717) is 37.7 Å². The summed E-state index contributed by atoms with van der Waals surface area (Å²) in [4.78, 5) is 31.5. The van der Waals surface area contributed by atoms with Crippen molar-refractivity contribution in [2.75, 3.05) is 60.0 Å². The van der Waals surface area contributed by atoms with Crippen molar-refractivity contribution in [3.8, 4) is 0 Å². The Morgan fingerprint density at radius 3 is 2.71 bits per heavy atom. The minimum atomic E-state index is -0.570. The van der Waals surface area contributed by atoms with Gasteiger partial charge in [0.15, 0.2) is 0 Å². The van der Waals surface area contributed by atoms with Gasteiger partial charge in [0, 0.05) is 52.4 Å². The largest absolute Gasteiger partial charge is 0.383 e. The van der Waals surface area contributed by atoms with Gasteiger partial charge in [-0.1, -0.05) is 18.2 Å². The molecule has 0 radical (unpaired) electrons. The van der Waals surface area contributed by atoms with Gasteiger partial charge >= 0.3 is 0 Å². The van der Waals surface area contributed by atoms with Crippen LogP contribution in [0, 0.1) is 11.7 Å². The van der Waals surface area contributed by atoms with E-state index in [-0.39, 0.29) is 24.1 Å². The van der Waals surface area contributed by atoms with Crippen LogP contribution >= 0.6 is 0 Å². The number of rotatable bonds is 9. The molecule has 7 nitrogen and oxygen atoms in total. The zero-order valence-electron chi connectivity index (χ0n) is 18.7. The summed E-state index contributed by atoms with van der Waals surface area (Å²) in [6, 6.07) is 6.02. The van der Waals surface area contributed by atoms with Gasteiger partial charge in [-0.05, 0) is 37.9 Å². The third-order valence-corrected chi connectivity index (χ3v) is 6.42. The van der Waals surface area contributed by atoms with Crippen LogP contribution in [0.15, 0.2) is 24.3 Å². The Kier molecular flexibility index (Phi) is 8.80. The van der Waals surface area contributed by atoms with E-state index in [2.05, 4.69) is 10.2 Å². The molecule has 2 heterocycles. The summed E-state index contributed by atoms with van der Waals surface area (Å²) in [6.45, 7) is 5.88. The molecule has 0 unspecified atom stereocenters. The lowest BCUT2D eigenvalue weighted by Gasteiger charge is -2.36. The summed E-state index contributed by atoms with van der Waals surface area (Å²) in [5, 5.41) is 2.85. The summed E-state index contributed by atoms with van der Waals surface area (Å²) < 4.78 is 19.3. The number of ether oxygens (including phenoxy) is 1. The predicted molar refractivity (Wildman–Crippen MR) is 117 cm³/mol. The van der Waals surface area contributed by atoms with Crippen LogP contribution in [0.4, 0.5) is 4.39 Å². The molecule has 2 saturated heterocycles. The third-order valence-electron chi connectivity index (χ3n) is 6.42. The number of amides is 2. The lowest BCUT2D eigenvalue weighted by molar-refractivity contribution is -0.138. The van der Waals surface area contributed by atoms with Crippen molar-refractivity contribution in [3.05, 3.63) is 35.6 Å². The van der Waals surface area contributed by atoms with Crippen LogP contribution in [0.5, 0.6) is 0 Å². The van der Waals surface area contributed by atoms with Crippen molar-refractivity contribution in [1.82, 2.24) is 20.0 Å². The Morgan fingerprint density at radius 2 is 2.00 bits per heavy atom. The molecule has 3 rings (SSSR count). The first-order valence-corrected chi connectivity index (χ1v) is 11.2. The van der Waals surface area contributed by atoms with E-state index in [4.69, 9.17) is 4.74 Å². The second-order valence-corrected chi connectivity index (χ2v) is 8.62. The number of hydrogen-bond donors (Lipinski definition) is 1. The van der Waals surface area contributed by atoms with E-state index < -0.39 is 6.04 Å². The maximum absolute atomic E-state index is 14.1. The fourth-order valence-corrected chi connectivity index (χ4v) is 4.44. The molecule has 1 aromatic carbocycles. The van der Waals surface area contributed by atoms with Crippen LogP contribution in [-0.2, 0) is 20.9 Å². The minimum Gasteiger partial charge on any atom is -0.383 e. The second-order valence-electron chi connectivity index (χ2n) is 8.62. The van der Waals surface area contributed by atoms with E-state index in [0.717, 1.165) is 39.1 Å². The molecule has 2 aliphatic rings. The van der Waals surface area contributed by atoms with E-state index in [1.165, 1.54) is 6.07 Å². The Balaban J connectivity index is 1.52. The number of carbonyl (C=O) groups is 2. The molecule has 31 heavy (non-hydrogen) atoms. The zero-order chi connectivity index (χ0) is 22.2. The van der Waals surface area contributed by atoms with Crippen LogP contribution < -0.4 is 5.32 Å². The number of piperidine rings is 1. The van der Waals surface area contributed by atoms with Gasteiger partial charge in [-0.3, -0.25) is 14.5 Å². The molecule has 1 atom stereocenters. The highest BCUT2D eigenvalue weighted by atomic mass is 19.1. The second kappa shape index (κ2) is 11.5. The fourth-order valence-electron chi connectivity index (χ4n) is 4.44. The third kappa shape index (κ3) is 6.72. The molecule has 0 spiro atoms. The SMILES string of the molecule is COCCN1CCC(CN(C)C(=O)C[C@@H]2C(=O)NCCN2Cc2ccccc2F)CC1. The average molecular weight is 435 g/mol. The summed E-state index contributed by atoms with van der Waals surface area (Å²) in [5.41, 5.74) is 0.545. The smallest absolute Gasteiger partial charge is 0.237 e. The van der Waals surface area contributed by atoms with Crippen LogP contribution in [0.3, 0.4) is 0 Å². The number of carbonyl (C=O) groups excluding carboxylic acids is 2. The average Bonchev–Trinajstić information content (AvgIpc) is 2.77. The topological polar surface area (TPSA) is 65.1 Å². The van der Waals surface area contributed by atoms with Crippen molar-refractivity contribution in [2.24, 2.45) is 5.92 Å². The molecular formula is C23H35FN4O3. The van der Waals surface area contributed by atoms with Crippen molar-refractivity contribution >= 4 is 11.8 Å². The number of nitrogens with zero attached hydrogens (tertiary/aromatic N) is 3. The molecule has 1 N–H and O–H groups in total. The number of methoxy groups -OCH3 is 1. The molecule has 2 amide bonds. The van der Waals surface area contributed by atoms with E-state index in [1.807, 2.05) is 11.9 Å². The number of halogens is 1. The number of hydrogen-bond acceptors (Lipinski definition) is 5. The Morgan fingerprint density at radius 1 is 1.26 bits per heavy atom. The Labute approximate surface area is 184 Å². The molecule has 172 valence electrons. The Bertz CT molecular complexity index is 739. The normalized spacial score (nSPS) is 21.1. The molecule has 1 aromatic rings. The zero-order valence-corrected chi connectivity index (χ0v) is 18.7. The molecule has 2 aliphatic heterocycles. The van der Waals surface area contributed by atoms with Gasteiger partial charge in [0.2, 0.25) is 11.8 Å². The van der Waals surface area contributed by atoms with Crippen LogP contribution in [0.1, 0.15) is 24.8 Å². The standard InChI is InChI=1S/C23H35FN4O3/c1-26(16-18-7-10-27(11-8-18)13-14-31-2)22(29)15-21-23(30)25-9-12-28(21)17-19-5-3-4-6-20(19)24/h3-6,18,21H,7-17H2,1-2H3,(H,25,30)/t21-/m1/s1. The number of benzene rings is 1. The number of likely N-dealkylation sites (tertiary alicyclic amines) is 1. The van der Waals surface area contributed by atoms with Gasteiger partial charge in [-0.15, -0.1) is 0 Å². The molecule has 2 fully saturated rings. The lowest BCUT2D eigenvalue weighted by Crippen LogP contribution is -2.56. The quantitative estimate of drug-likeness (QED) is 0.635. The number of nitrogens with one attached hydrogen (secondary N) is 1. The van der Waals surface area contributed by atoms with Crippen molar-refractivity contribution < 1.29 is 18.7 Å². The molecular weight excluding hydrogens is 399 g/mol. The minimum absolute atomic E-state index is 0.0394. The Hall–Kier alpha value is -2.03. The first-order valence-electron chi connectivity index (χ1n) is 11.2. The van der Waals surface area contributed by atoms with Crippen molar-refractivity contribution in [3.63, 3.8) is 0 Å². The predicted octanol–water partition coefficient (Wildman–Crippen LogP) is 1.33. The van der Waals surface area contributed by atoms with E-state index >= 15 is 0 Å². The number of piperazine rings is 1. The van der Waals surface area contributed by atoms with Gasteiger partial charge in [0.05, 0.1) is 19.1 Å². The maximum Gasteiger partial charge on any atom is 0.237 e. The summed E-state index contributed by atoms with van der Waals surface area (Å²) in [7, 11) is 3.54. The molecule has 0 aromatic heterocycles. The molecule has 0 aliphatic carbocycles. The molecule has 0 bridgehead atoms. The summed E-state index contributed by atoms with van der Waals surface area (Å²) in [6.07, 6.45) is 2.23.